The van der Waals surface area contributed by atoms with Gasteiger partial charge in [-0.3, -0.25) is 0 Å². The summed E-state index contributed by atoms with van der Waals surface area (Å²) in [4.78, 5) is 9.45. The van der Waals surface area contributed by atoms with E-state index in [2.05, 4.69) is 4.74 Å². The van der Waals surface area contributed by atoms with Crippen LogP contribution in [0.5, 0.6) is 0 Å². The van der Waals surface area contributed by atoms with E-state index >= 15 is 0 Å². The van der Waals surface area contributed by atoms with Gasteiger partial charge in [0, 0.05) is 0 Å². The van der Waals surface area contributed by atoms with E-state index in [1.54, 1.807) is 0 Å². The van der Waals surface area contributed by atoms with Crippen molar-refractivity contribution in [3.05, 3.63) is 11.8 Å². The van der Waals surface area contributed by atoms with Crippen molar-refractivity contribution in [3.8, 4) is 0 Å². The minimum atomic E-state index is -5.90. The van der Waals surface area contributed by atoms with Gasteiger partial charge in [-0.25, -0.2) is 0 Å². The molecule has 0 aromatic carbocycles. The molecule has 3 nitrogen and oxygen atoms in total. The van der Waals surface area contributed by atoms with E-state index in [4.69, 9.17) is 0 Å². The summed E-state index contributed by atoms with van der Waals surface area (Å²) in [6.07, 6.45) is -11.3. The molecule has 0 aromatic heterocycles. The number of ether oxygens (including phenoxy) is 1. The van der Waals surface area contributed by atoms with Crippen LogP contribution in [0.4, 0.5) is 30.7 Å². The van der Waals surface area contributed by atoms with Gasteiger partial charge in [0.15, 0.2) is 5.97 Å². The molecular weight excluding hydrogens is 241 g/mol. The van der Waals surface area contributed by atoms with Gasteiger partial charge in [-0.15, -0.1) is 0 Å². The molecule has 0 aliphatic heterocycles. The largest absolute Gasteiger partial charge is 0.541 e. The van der Waals surface area contributed by atoms with E-state index in [1.165, 1.54) is 0 Å². The van der Waals surface area contributed by atoms with Crippen LogP contribution < -0.4 is 5.11 Å². The Balaban J connectivity index is 4.91. The number of carboxylic acid groups (broad SMARTS) is 1. The van der Waals surface area contributed by atoms with Gasteiger partial charge in [0.1, 0.15) is 0 Å². The van der Waals surface area contributed by atoms with Crippen molar-refractivity contribution in [3.63, 3.8) is 0 Å². The molecule has 0 saturated carbocycles. The standard InChI is InChI=1S/C5HF7O3/c6-1(4(8,9)10)2(7)15-5(11,12)3(13)14/h(H,13,14)/p-1/b2-1-. The zero-order chi connectivity index (χ0) is 12.4. The van der Waals surface area contributed by atoms with Crippen molar-refractivity contribution in [1.82, 2.24) is 0 Å². The molecule has 0 spiro atoms. The highest BCUT2D eigenvalue weighted by molar-refractivity contribution is 5.71. The molecule has 0 amide bonds. The highest BCUT2D eigenvalue weighted by Gasteiger charge is 2.43. The molecule has 0 fully saturated rings. The molecule has 88 valence electrons. The number of hydrogen-bond donors (Lipinski definition) is 0. The second-order valence-electron chi connectivity index (χ2n) is 1.99. The third-order valence-electron chi connectivity index (χ3n) is 0.877. The lowest BCUT2D eigenvalue weighted by Gasteiger charge is -2.17. The molecule has 0 aromatic rings. The van der Waals surface area contributed by atoms with Crippen LogP contribution in [0.25, 0.3) is 0 Å². The summed E-state index contributed by atoms with van der Waals surface area (Å²) in [5.74, 6) is -6.92. The summed E-state index contributed by atoms with van der Waals surface area (Å²) in [6.45, 7) is 0. The van der Waals surface area contributed by atoms with Gasteiger partial charge in [-0.05, 0) is 0 Å². The van der Waals surface area contributed by atoms with Crippen molar-refractivity contribution in [1.29, 1.82) is 0 Å². The van der Waals surface area contributed by atoms with E-state index < -0.39 is 30.1 Å². The Kier molecular flexibility index (Phi) is 3.56. The molecule has 15 heavy (non-hydrogen) atoms. The third kappa shape index (κ3) is 3.64. The minimum absolute atomic E-state index is 2.31. The van der Waals surface area contributed by atoms with E-state index in [0.29, 0.717) is 0 Å². The number of rotatable bonds is 3. The molecular formula is C5F7O3-. The zero-order valence-corrected chi connectivity index (χ0v) is 6.37. The molecule has 0 radical (unpaired) electrons. The Morgan fingerprint density at radius 1 is 1.07 bits per heavy atom. The van der Waals surface area contributed by atoms with Gasteiger partial charge in [-0.1, -0.05) is 0 Å². The summed E-state index contributed by atoms with van der Waals surface area (Å²) in [5, 5.41) is 9.45. The van der Waals surface area contributed by atoms with Crippen molar-refractivity contribution in [2.75, 3.05) is 0 Å². The van der Waals surface area contributed by atoms with Gasteiger partial charge < -0.3 is 14.6 Å². The first-order chi connectivity index (χ1) is 6.48. The predicted molar refractivity (Wildman–Crippen MR) is 26.3 cm³/mol. The number of aliphatic carboxylic acids is 1. The van der Waals surface area contributed by atoms with Crippen LogP contribution in [0.3, 0.4) is 0 Å². The molecule has 0 bridgehead atoms. The SMILES string of the molecule is O=C([O-])C(F)(F)O/C(F)=C(\F)C(F)(F)F. The van der Waals surface area contributed by atoms with Gasteiger partial charge in [0.25, 0.3) is 5.83 Å². The lowest BCUT2D eigenvalue weighted by molar-refractivity contribution is -0.360. The Bertz CT molecular complexity index is 291. The molecule has 0 unspecified atom stereocenters. The number of hydrogen-bond acceptors (Lipinski definition) is 3. The summed E-state index contributed by atoms with van der Waals surface area (Å²) in [7, 11) is 0. The lowest BCUT2D eigenvalue weighted by Crippen LogP contribution is -2.43. The number of alkyl halides is 5. The van der Waals surface area contributed by atoms with Gasteiger partial charge in [0.2, 0.25) is 0 Å². The average molecular weight is 241 g/mol. The fraction of sp³-hybridized carbons (Fsp3) is 0.400. The van der Waals surface area contributed by atoms with E-state index in [9.17, 15) is 40.6 Å². The van der Waals surface area contributed by atoms with Gasteiger partial charge in [-0.2, -0.15) is 30.7 Å². The number of carboxylic acids is 1. The zero-order valence-electron chi connectivity index (χ0n) is 6.37. The Hall–Kier alpha value is -1.48. The van der Waals surface area contributed by atoms with Gasteiger partial charge in [0.05, 0.1) is 0 Å². The smallest absolute Gasteiger partial charge is 0.449 e. The highest BCUT2D eigenvalue weighted by atomic mass is 19.4. The van der Waals surface area contributed by atoms with Crippen LogP contribution >= 0.6 is 0 Å². The predicted octanol–water partition coefficient (Wildman–Crippen LogP) is 1.02. The van der Waals surface area contributed by atoms with E-state index in [-0.39, 0.29) is 0 Å². The maximum Gasteiger partial charge on any atom is 0.449 e. The van der Waals surface area contributed by atoms with Gasteiger partial charge >= 0.3 is 18.3 Å². The first kappa shape index (κ1) is 13.5. The second kappa shape index (κ2) is 3.95. The molecule has 0 saturated heterocycles. The number of halogens is 7. The van der Waals surface area contributed by atoms with Crippen LogP contribution in [-0.2, 0) is 9.53 Å². The van der Waals surface area contributed by atoms with Crippen molar-refractivity contribution >= 4 is 5.97 Å². The minimum Gasteiger partial charge on any atom is -0.541 e. The van der Waals surface area contributed by atoms with Crippen LogP contribution in [0.15, 0.2) is 11.8 Å². The molecule has 0 atom stereocenters. The Labute approximate surface area is 76.7 Å². The lowest BCUT2D eigenvalue weighted by atomic mass is 10.5. The molecule has 0 rings (SSSR count). The third-order valence-corrected chi connectivity index (χ3v) is 0.877. The van der Waals surface area contributed by atoms with Crippen LogP contribution in [0.2, 0.25) is 0 Å². The number of carbonyl (C=O) groups is 1. The summed E-state index contributed by atoms with van der Waals surface area (Å²) >= 11 is 0. The van der Waals surface area contributed by atoms with E-state index in [0.717, 1.165) is 0 Å². The highest BCUT2D eigenvalue weighted by Crippen LogP contribution is 2.32. The molecule has 10 heteroatoms. The second-order valence-corrected chi connectivity index (χ2v) is 1.99. The number of allylic oxidation sites excluding steroid dienone is 1. The maximum atomic E-state index is 11.9. The topological polar surface area (TPSA) is 49.4 Å². The number of carbonyl (C=O) groups excluding carboxylic acids is 1. The fourth-order valence-electron chi connectivity index (χ4n) is 0.310. The Morgan fingerprint density at radius 3 is 1.73 bits per heavy atom. The quantitative estimate of drug-likeness (QED) is 0.547. The monoisotopic (exact) mass is 241 g/mol. The molecule has 0 N–H and O–H groups in total. The Morgan fingerprint density at radius 2 is 1.47 bits per heavy atom. The summed E-state index contributed by atoms with van der Waals surface area (Å²) in [6, 6.07) is -3.39. The van der Waals surface area contributed by atoms with Crippen molar-refractivity contribution in [2.24, 2.45) is 0 Å². The first-order valence-corrected chi connectivity index (χ1v) is 2.89. The summed E-state index contributed by atoms with van der Waals surface area (Å²) in [5.41, 5.74) is 0. The molecule has 0 aliphatic carbocycles. The first-order valence-electron chi connectivity index (χ1n) is 2.89. The fourth-order valence-corrected chi connectivity index (χ4v) is 0.310. The molecule has 0 heterocycles. The average Bonchev–Trinajstić information content (AvgIpc) is 2.00. The van der Waals surface area contributed by atoms with Crippen molar-refractivity contribution in [2.45, 2.75) is 12.3 Å². The maximum absolute atomic E-state index is 11.9. The van der Waals surface area contributed by atoms with Crippen LogP contribution in [0, 0.1) is 0 Å². The molecule has 0 aliphatic rings. The summed E-state index contributed by atoms with van der Waals surface area (Å²) < 4.78 is 83.7. The normalized spacial score (nSPS) is 14.6. The van der Waals surface area contributed by atoms with Crippen molar-refractivity contribution < 1.29 is 45.4 Å². The van der Waals surface area contributed by atoms with Crippen LogP contribution in [0.1, 0.15) is 0 Å². The van der Waals surface area contributed by atoms with Crippen LogP contribution in [-0.4, -0.2) is 18.3 Å². The van der Waals surface area contributed by atoms with E-state index in [1.807, 2.05) is 0 Å².